The molecule has 2 rings (SSSR count). The SMILES string of the molecule is CC(C)(C)OC(=O)N1CCC[C@H](OCc2ccnc(Br)c2)C1. The molecule has 1 aliphatic heterocycles. The van der Waals surface area contributed by atoms with Gasteiger partial charge < -0.3 is 14.4 Å². The van der Waals surface area contributed by atoms with Crippen molar-refractivity contribution < 1.29 is 14.3 Å². The van der Waals surface area contributed by atoms with Gasteiger partial charge in [-0.25, -0.2) is 9.78 Å². The zero-order valence-corrected chi connectivity index (χ0v) is 14.9. The average molecular weight is 371 g/mol. The molecule has 5 nitrogen and oxygen atoms in total. The van der Waals surface area contributed by atoms with Crippen LogP contribution in [-0.2, 0) is 16.1 Å². The number of likely N-dealkylation sites (tertiary alicyclic amines) is 1. The van der Waals surface area contributed by atoms with Gasteiger partial charge in [0.1, 0.15) is 10.2 Å². The number of carbonyl (C=O) groups excluding carboxylic acids is 1. The number of piperidine rings is 1. The predicted octanol–water partition coefficient (Wildman–Crippen LogP) is 3.76. The van der Waals surface area contributed by atoms with Crippen molar-refractivity contribution in [1.29, 1.82) is 0 Å². The van der Waals surface area contributed by atoms with E-state index in [1.165, 1.54) is 0 Å². The fourth-order valence-electron chi connectivity index (χ4n) is 2.31. The Morgan fingerprint density at radius 3 is 2.95 bits per heavy atom. The summed E-state index contributed by atoms with van der Waals surface area (Å²) in [5.74, 6) is 0. The maximum Gasteiger partial charge on any atom is 0.410 e. The average Bonchev–Trinajstić information content (AvgIpc) is 2.44. The lowest BCUT2D eigenvalue weighted by Gasteiger charge is -2.34. The van der Waals surface area contributed by atoms with E-state index in [-0.39, 0.29) is 12.2 Å². The van der Waals surface area contributed by atoms with Gasteiger partial charge in [-0.3, -0.25) is 0 Å². The molecule has 1 saturated heterocycles. The first-order chi connectivity index (χ1) is 10.3. The number of nitrogens with zero attached hydrogens (tertiary/aromatic N) is 2. The van der Waals surface area contributed by atoms with E-state index in [1.807, 2.05) is 32.9 Å². The molecule has 1 amide bonds. The quantitative estimate of drug-likeness (QED) is 0.760. The summed E-state index contributed by atoms with van der Waals surface area (Å²) in [4.78, 5) is 17.9. The van der Waals surface area contributed by atoms with Crippen molar-refractivity contribution in [2.45, 2.75) is 51.9 Å². The van der Waals surface area contributed by atoms with Crippen molar-refractivity contribution in [2.24, 2.45) is 0 Å². The zero-order chi connectivity index (χ0) is 16.2. The Bertz CT molecular complexity index is 516. The third kappa shape index (κ3) is 5.57. The maximum atomic E-state index is 12.1. The van der Waals surface area contributed by atoms with E-state index < -0.39 is 5.60 Å². The normalized spacial score (nSPS) is 19.1. The molecule has 0 aliphatic carbocycles. The molecule has 0 N–H and O–H groups in total. The van der Waals surface area contributed by atoms with Crippen LogP contribution >= 0.6 is 15.9 Å². The van der Waals surface area contributed by atoms with Crippen LogP contribution < -0.4 is 0 Å². The highest BCUT2D eigenvalue weighted by Gasteiger charge is 2.27. The topological polar surface area (TPSA) is 51.7 Å². The Morgan fingerprint density at radius 1 is 1.50 bits per heavy atom. The van der Waals surface area contributed by atoms with Gasteiger partial charge in [0.25, 0.3) is 0 Å². The van der Waals surface area contributed by atoms with Gasteiger partial charge in [-0.15, -0.1) is 0 Å². The van der Waals surface area contributed by atoms with Gasteiger partial charge in [0.05, 0.1) is 19.3 Å². The van der Waals surface area contributed by atoms with E-state index in [4.69, 9.17) is 9.47 Å². The van der Waals surface area contributed by atoms with Gasteiger partial charge in [-0.2, -0.15) is 0 Å². The van der Waals surface area contributed by atoms with Crippen LogP contribution in [0.5, 0.6) is 0 Å². The summed E-state index contributed by atoms with van der Waals surface area (Å²) in [5, 5.41) is 0. The molecule has 1 fully saturated rings. The third-order valence-electron chi connectivity index (χ3n) is 3.31. The monoisotopic (exact) mass is 370 g/mol. The van der Waals surface area contributed by atoms with Gasteiger partial charge in [0.15, 0.2) is 0 Å². The fourth-order valence-corrected chi connectivity index (χ4v) is 2.73. The van der Waals surface area contributed by atoms with Gasteiger partial charge in [-0.1, -0.05) is 0 Å². The van der Waals surface area contributed by atoms with Crippen molar-refractivity contribution >= 4 is 22.0 Å². The Balaban J connectivity index is 1.84. The summed E-state index contributed by atoms with van der Waals surface area (Å²) in [7, 11) is 0. The van der Waals surface area contributed by atoms with Crippen LogP contribution in [0, 0.1) is 0 Å². The van der Waals surface area contributed by atoms with E-state index in [0.29, 0.717) is 13.2 Å². The van der Waals surface area contributed by atoms with Crippen molar-refractivity contribution in [1.82, 2.24) is 9.88 Å². The lowest BCUT2D eigenvalue weighted by molar-refractivity contribution is -0.0259. The molecule has 0 spiro atoms. The number of carbonyl (C=O) groups is 1. The van der Waals surface area contributed by atoms with Crippen LogP contribution in [0.2, 0.25) is 0 Å². The number of halogens is 1. The number of pyridine rings is 1. The number of hydrogen-bond acceptors (Lipinski definition) is 4. The third-order valence-corrected chi connectivity index (χ3v) is 3.74. The highest BCUT2D eigenvalue weighted by Crippen LogP contribution is 2.18. The van der Waals surface area contributed by atoms with E-state index in [9.17, 15) is 4.79 Å². The lowest BCUT2D eigenvalue weighted by atomic mass is 10.1. The molecule has 0 saturated carbocycles. The first-order valence-electron chi connectivity index (χ1n) is 7.53. The van der Waals surface area contributed by atoms with Gasteiger partial charge >= 0.3 is 6.09 Å². The summed E-state index contributed by atoms with van der Waals surface area (Å²) in [6.45, 7) is 7.48. The Labute approximate surface area is 140 Å². The zero-order valence-electron chi connectivity index (χ0n) is 13.3. The molecule has 0 radical (unpaired) electrons. The first kappa shape index (κ1) is 17.2. The minimum absolute atomic E-state index is 0.0493. The summed E-state index contributed by atoms with van der Waals surface area (Å²) in [6, 6.07) is 3.87. The predicted molar refractivity (Wildman–Crippen MR) is 87.6 cm³/mol. The van der Waals surface area contributed by atoms with Gasteiger partial charge in [-0.05, 0) is 67.2 Å². The second kappa shape index (κ2) is 7.42. The number of hydrogen-bond donors (Lipinski definition) is 0. The number of amides is 1. The Morgan fingerprint density at radius 2 is 2.27 bits per heavy atom. The molecule has 1 aliphatic rings. The Kier molecular flexibility index (Phi) is 5.81. The van der Waals surface area contributed by atoms with Crippen molar-refractivity contribution in [3.63, 3.8) is 0 Å². The summed E-state index contributed by atoms with van der Waals surface area (Å²) in [5.41, 5.74) is 0.602. The second-order valence-electron chi connectivity index (χ2n) is 6.49. The molecule has 1 atom stereocenters. The van der Waals surface area contributed by atoms with Gasteiger partial charge in [0, 0.05) is 12.7 Å². The molecule has 1 aromatic heterocycles. The molecule has 1 aromatic rings. The van der Waals surface area contributed by atoms with E-state index in [1.54, 1.807) is 11.1 Å². The van der Waals surface area contributed by atoms with E-state index >= 15 is 0 Å². The van der Waals surface area contributed by atoms with Crippen molar-refractivity contribution in [3.05, 3.63) is 28.5 Å². The molecule has 0 bridgehead atoms. The number of aromatic nitrogens is 1. The smallest absolute Gasteiger partial charge is 0.410 e. The number of ether oxygens (including phenoxy) is 2. The highest BCUT2D eigenvalue weighted by molar-refractivity contribution is 9.10. The second-order valence-corrected chi connectivity index (χ2v) is 7.30. The Hall–Kier alpha value is -1.14. The summed E-state index contributed by atoms with van der Waals surface area (Å²) >= 11 is 3.35. The van der Waals surface area contributed by atoms with Crippen molar-refractivity contribution in [2.75, 3.05) is 13.1 Å². The molecule has 122 valence electrons. The molecular formula is C16H23BrN2O3. The van der Waals surface area contributed by atoms with Crippen LogP contribution in [0.1, 0.15) is 39.2 Å². The minimum atomic E-state index is -0.464. The van der Waals surface area contributed by atoms with Crippen LogP contribution in [-0.4, -0.2) is 40.8 Å². The first-order valence-corrected chi connectivity index (χ1v) is 8.33. The largest absolute Gasteiger partial charge is 0.444 e. The van der Waals surface area contributed by atoms with Crippen LogP contribution in [0.4, 0.5) is 4.79 Å². The maximum absolute atomic E-state index is 12.1. The van der Waals surface area contributed by atoms with Crippen LogP contribution in [0.25, 0.3) is 0 Å². The van der Waals surface area contributed by atoms with Crippen LogP contribution in [0.3, 0.4) is 0 Å². The molecule has 0 aromatic carbocycles. The molecule has 22 heavy (non-hydrogen) atoms. The van der Waals surface area contributed by atoms with Crippen molar-refractivity contribution in [3.8, 4) is 0 Å². The molecule has 2 heterocycles. The molecule has 0 unspecified atom stereocenters. The summed E-state index contributed by atoms with van der Waals surface area (Å²) < 4.78 is 12.2. The fraction of sp³-hybridized carbons (Fsp3) is 0.625. The molecular weight excluding hydrogens is 348 g/mol. The van der Waals surface area contributed by atoms with Crippen LogP contribution in [0.15, 0.2) is 22.9 Å². The lowest BCUT2D eigenvalue weighted by Crippen LogP contribution is -2.45. The van der Waals surface area contributed by atoms with E-state index in [2.05, 4.69) is 20.9 Å². The summed E-state index contributed by atoms with van der Waals surface area (Å²) in [6.07, 6.45) is 3.44. The molecule has 6 heteroatoms. The highest BCUT2D eigenvalue weighted by atomic mass is 79.9. The van der Waals surface area contributed by atoms with E-state index in [0.717, 1.165) is 29.6 Å². The number of rotatable bonds is 3. The minimum Gasteiger partial charge on any atom is -0.444 e. The van der Waals surface area contributed by atoms with Gasteiger partial charge in [0.2, 0.25) is 0 Å². The standard InChI is InChI=1S/C16H23BrN2O3/c1-16(2,3)22-15(20)19-8-4-5-13(10-19)21-11-12-6-7-18-14(17)9-12/h6-7,9,13H,4-5,8,10-11H2,1-3H3/t13-/m0/s1.